The lowest BCUT2D eigenvalue weighted by Crippen LogP contribution is -1.92. The summed E-state index contributed by atoms with van der Waals surface area (Å²) in [5, 5.41) is 0. The van der Waals surface area contributed by atoms with Crippen LogP contribution in [0.15, 0.2) is 58.9 Å². The molecule has 0 unspecified atom stereocenters. The van der Waals surface area contributed by atoms with Crippen LogP contribution in [0.25, 0.3) is 6.08 Å². The Bertz CT molecular complexity index is 718. The van der Waals surface area contributed by atoms with Crippen LogP contribution in [0.1, 0.15) is 17.8 Å². The van der Waals surface area contributed by atoms with E-state index in [4.69, 9.17) is 4.99 Å². The minimum Gasteiger partial charge on any atom is -0.348 e. The summed E-state index contributed by atoms with van der Waals surface area (Å²) in [6, 6.07) is 8.26. The van der Waals surface area contributed by atoms with Gasteiger partial charge in [-0.3, -0.25) is 4.99 Å². The van der Waals surface area contributed by atoms with Crippen LogP contribution in [0.2, 0.25) is 0 Å². The summed E-state index contributed by atoms with van der Waals surface area (Å²) in [6.07, 6.45) is 9.88. The molecule has 3 heteroatoms. The zero-order valence-electron chi connectivity index (χ0n) is 10.4. The molecule has 0 radical (unpaired) electrons. The Morgan fingerprint density at radius 3 is 3.00 bits per heavy atom. The second-order valence-electron chi connectivity index (χ2n) is 4.84. The molecule has 0 atom stereocenters. The zero-order chi connectivity index (χ0) is 12.7. The highest BCUT2D eigenvalue weighted by Gasteiger charge is 2.28. The van der Waals surface area contributed by atoms with Gasteiger partial charge in [0, 0.05) is 36.5 Å². The van der Waals surface area contributed by atoms with Crippen LogP contribution in [-0.4, -0.2) is 15.7 Å². The maximum atomic E-state index is 4.73. The summed E-state index contributed by atoms with van der Waals surface area (Å²) in [5.74, 6) is 1.01. The van der Waals surface area contributed by atoms with Crippen molar-refractivity contribution < 1.29 is 0 Å². The average Bonchev–Trinajstić information content (AvgIpc) is 2.97. The highest BCUT2D eigenvalue weighted by atomic mass is 14.9. The van der Waals surface area contributed by atoms with Crippen LogP contribution in [0.4, 0.5) is 5.69 Å². The van der Waals surface area contributed by atoms with Crippen molar-refractivity contribution in [3.8, 4) is 0 Å². The topological polar surface area (TPSA) is 41.0 Å². The lowest BCUT2D eigenvalue weighted by Gasteiger charge is -2.04. The molecule has 1 aromatic carbocycles. The molecule has 0 amide bonds. The molecule has 2 heterocycles. The van der Waals surface area contributed by atoms with Crippen molar-refractivity contribution >= 4 is 17.5 Å². The molecular formula is C16H13N3. The van der Waals surface area contributed by atoms with Gasteiger partial charge < -0.3 is 4.98 Å². The van der Waals surface area contributed by atoms with Crippen LogP contribution >= 0.6 is 0 Å². The van der Waals surface area contributed by atoms with Crippen molar-refractivity contribution in [2.75, 3.05) is 0 Å². The van der Waals surface area contributed by atoms with Gasteiger partial charge in [0.25, 0.3) is 0 Å². The summed E-state index contributed by atoms with van der Waals surface area (Å²) in [4.78, 5) is 12.2. The molecule has 2 aliphatic rings. The Morgan fingerprint density at radius 1 is 1.16 bits per heavy atom. The van der Waals surface area contributed by atoms with Gasteiger partial charge in [0.15, 0.2) is 0 Å². The Hall–Kier alpha value is -2.42. The standard InChI is InChI=1S/C16H13N3/c1-2-4-14-11(3-1)5-6-12(13-10-15(13)19-14)9-16-17-7-8-18-16/h1-8H,9-10H2,(H,17,18). The van der Waals surface area contributed by atoms with E-state index in [2.05, 4.69) is 40.3 Å². The molecule has 4 rings (SSSR count). The van der Waals surface area contributed by atoms with Gasteiger partial charge in [-0.25, -0.2) is 4.98 Å². The number of aromatic nitrogens is 2. The van der Waals surface area contributed by atoms with Crippen molar-refractivity contribution in [2.45, 2.75) is 12.8 Å². The van der Waals surface area contributed by atoms with Crippen LogP contribution in [0, 0.1) is 0 Å². The number of para-hydroxylation sites is 1. The molecule has 0 spiro atoms. The van der Waals surface area contributed by atoms with E-state index in [0.29, 0.717) is 0 Å². The van der Waals surface area contributed by atoms with Crippen molar-refractivity contribution in [3.63, 3.8) is 0 Å². The second-order valence-corrected chi connectivity index (χ2v) is 4.84. The minimum atomic E-state index is 0.847. The monoisotopic (exact) mass is 247 g/mol. The molecule has 0 bridgehead atoms. The summed E-state index contributed by atoms with van der Waals surface area (Å²) >= 11 is 0. The molecule has 1 aliphatic carbocycles. The second kappa shape index (κ2) is 4.05. The first-order chi connectivity index (χ1) is 9.40. The zero-order valence-corrected chi connectivity index (χ0v) is 10.4. The Morgan fingerprint density at radius 2 is 2.11 bits per heavy atom. The van der Waals surface area contributed by atoms with Crippen LogP contribution < -0.4 is 0 Å². The van der Waals surface area contributed by atoms with E-state index in [1.165, 1.54) is 22.4 Å². The van der Waals surface area contributed by atoms with E-state index in [1.54, 1.807) is 6.20 Å². The molecule has 0 saturated heterocycles. The van der Waals surface area contributed by atoms with Gasteiger partial charge in [0.2, 0.25) is 0 Å². The number of fused-ring (bicyclic) bond motifs is 2. The predicted molar refractivity (Wildman–Crippen MR) is 76.5 cm³/mol. The van der Waals surface area contributed by atoms with Gasteiger partial charge in [-0.15, -0.1) is 0 Å². The Labute approximate surface area is 111 Å². The molecule has 1 N–H and O–H groups in total. The number of allylic oxidation sites excluding steroid dienone is 3. The van der Waals surface area contributed by atoms with Crippen molar-refractivity contribution in [1.82, 2.24) is 9.97 Å². The predicted octanol–water partition coefficient (Wildman–Crippen LogP) is 3.45. The van der Waals surface area contributed by atoms with Crippen molar-refractivity contribution in [3.05, 3.63) is 65.3 Å². The summed E-state index contributed by atoms with van der Waals surface area (Å²) in [6.45, 7) is 0. The minimum absolute atomic E-state index is 0.847. The van der Waals surface area contributed by atoms with Crippen LogP contribution in [0.5, 0.6) is 0 Å². The van der Waals surface area contributed by atoms with E-state index < -0.39 is 0 Å². The fourth-order valence-corrected chi connectivity index (χ4v) is 2.44. The third-order valence-corrected chi connectivity index (χ3v) is 3.52. The highest BCUT2D eigenvalue weighted by molar-refractivity contribution is 6.20. The highest BCUT2D eigenvalue weighted by Crippen LogP contribution is 2.36. The number of benzene rings is 1. The number of rotatable bonds is 2. The molecule has 19 heavy (non-hydrogen) atoms. The third kappa shape index (κ3) is 1.93. The number of nitrogens with zero attached hydrogens (tertiary/aromatic N) is 2. The fraction of sp³-hybridized carbons (Fsp3) is 0.125. The van der Waals surface area contributed by atoms with Crippen molar-refractivity contribution in [2.24, 2.45) is 4.99 Å². The maximum Gasteiger partial charge on any atom is 0.110 e. The molecule has 3 nitrogen and oxygen atoms in total. The summed E-state index contributed by atoms with van der Waals surface area (Å²) < 4.78 is 0. The first-order valence-electron chi connectivity index (χ1n) is 6.45. The Kier molecular flexibility index (Phi) is 2.24. The number of aromatic amines is 1. The van der Waals surface area contributed by atoms with E-state index in [-0.39, 0.29) is 0 Å². The number of imidazole rings is 1. The van der Waals surface area contributed by atoms with Crippen molar-refractivity contribution in [1.29, 1.82) is 0 Å². The Balaban J connectivity index is 1.74. The van der Waals surface area contributed by atoms with Crippen LogP contribution in [0.3, 0.4) is 0 Å². The first kappa shape index (κ1) is 10.5. The fourth-order valence-electron chi connectivity index (χ4n) is 2.44. The molecule has 1 aliphatic heterocycles. The number of aliphatic imine (C=N–C) groups is 1. The normalized spacial score (nSPS) is 16.3. The largest absolute Gasteiger partial charge is 0.348 e. The van der Waals surface area contributed by atoms with Gasteiger partial charge in [-0.2, -0.15) is 0 Å². The SMILES string of the molecule is C1=Cc2ccccc2N=C2CC2=C1Cc1ncc[nH]1. The van der Waals surface area contributed by atoms with Gasteiger partial charge >= 0.3 is 0 Å². The lowest BCUT2D eigenvalue weighted by atomic mass is 10.1. The smallest absolute Gasteiger partial charge is 0.110 e. The quantitative estimate of drug-likeness (QED) is 0.867. The molecule has 2 aromatic rings. The first-order valence-corrected chi connectivity index (χ1v) is 6.45. The molecule has 1 fully saturated rings. The molecule has 1 saturated carbocycles. The number of nitrogens with one attached hydrogen (secondary N) is 1. The number of H-pyrrole nitrogens is 1. The number of hydrogen-bond acceptors (Lipinski definition) is 2. The maximum absolute atomic E-state index is 4.73. The van der Waals surface area contributed by atoms with E-state index in [9.17, 15) is 0 Å². The number of hydrogen-bond donors (Lipinski definition) is 1. The molecular weight excluding hydrogens is 234 g/mol. The molecule has 1 aromatic heterocycles. The third-order valence-electron chi connectivity index (χ3n) is 3.52. The van der Waals surface area contributed by atoms with E-state index in [1.807, 2.05) is 12.3 Å². The van der Waals surface area contributed by atoms with E-state index >= 15 is 0 Å². The van der Waals surface area contributed by atoms with Gasteiger partial charge in [-0.1, -0.05) is 30.4 Å². The summed E-state index contributed by atoms with van der Waals surface area (Å²) in [7, 11) is 0. The summed E-state index contributed by atoms with van der Waals surface area (Å²) in [5.41, 5.74) is 6.17. The van der Waals surface area contributed by atoms with Gasteiger partial charge in [-0.05, 0) is 17.2 Å². The van der Waals surface area contributed by atoms with E-state index in [0.717, 1.165) is 24.4 Å². The lowest BCUT2D eigenvalue weighted by molar-refractivity contribution is 1.02. The van der Waals surface area contributed by atoms with Crippen LogP contribution in [-0.2, 0) is 6.42 Å². The van der Waals surface area contributed by atoms with Gasteiger partial charge in [0.05, 0.1) is 5.69 Å². The molecule has 92 valence electrons. The van der Waals surface area contributed by atoms with Gasteiger partial charge in [0.1, 0.15) is 5.82 Å². The average molecular weight is 247 g/mol.